The highest BCUT2D eigenvalue weighted by molar-refractivity contribution is 6.01. The highest BCUT2D eigenvalue weighted by atomic mass is 19.1. The van der Waals surface area contributed by atoms with Gasteiger partial charge in [-0.25, -0.2) is 4.39 Å². The molecule has 1 atom stereocenters. The fraction of sp³-hybridized carbons (Fsp3) is 0.231. The van der Waals surface area contributed by atoms with Crippen LogP contribution in [-0.2, 0) is 14.9 Å². The Bertz CT molecular complexity index is 1020. The number of rotatable bonds is 6. The van der Waals surface area contributed by atoms with Gasteiger partial charge in [-0.2, -0.15) is 0 Å². The predicted molar refractivity (Wildman–Crippen MR) is 113 cm³/mol. The molecule has 0 heterocycles. The van der Waals surface area contributed by atoms with Crippen molar-refractivity contribution in [2.24, 2.45) is 0 Å². The van der Waals surface area contributed by atoms with Crippen LogP contribution in [0.2, 0.25) is 0 Å². The van der Waals surface area contributed by atoms with Crippen molar-refractivity contribution in [3.63, 3.8) is 0 Å². The Morgan fingerprint density at radius 3 is 2.00 bits per heavy atom. The van der Waals surface area contributed by atoms with Crippen molar-refractivity contribution in [2.75, 3.05) is 0 Å². The maximum Gasteiger partial charge on any atom is 0.317 e. The molecule has 3 aromatic rings. The van der Waals surface area contributed by atoms with Crippen molar-refractivity contribution in [1.82, 2.24) is 0 Å². The third-order valence-electron chi connectivity index (χ3n) is 5.86. The third-order valence-corrected chi connectivity index (χ3v) is 5.86. The number of ketones is 1. The lowest BCUT2D eigenvalue weighted by molar-refractivity contribution is -0.154. The summed E-state index contributed by atoms with van der Waals surface area (Å²) in [7, 11) is 0. The molecule has 4 rings (SSSR count). The molecule has 152 valence electrons. The first-order chi connectivity index (χ1) is 14.6. The highest BCUT2D eigenvalue weighted by Crippen LogP contribution is 2.44. The number of hydrogen-bond donors (Lipinski definition) is 0. The second-order valence-electron chi connectivity index (χ2n) is 7.70. The van der Waals surface area contributed by atoms with Gasteiger partial charge in [0.05, 0.1) is 5.41 Å². The number of hydrogen-bond acceptors (Lipinski definition) is 3. The molecule has 4 heteroatoms. The van der Waals surface area contributed by atoms with Gasteiger partial charge in [0, 0.05) is 16.7 Å². The maximum atomic E-state index is 14.7. The van der Waals surface area contributed by atoms with E-state index in [2.05, 4.69) is 0 Å². The molecular formula is C26H23FO3. The molecule has 1 saturated carbocycles. The van der Waals surface area contributed by atoms with Crippen molar-refractivity contribution in [3.05, 3.63) is 107 Å². The Kier molecular flexibility index (Phi) is 5.75. The van der Waals surface area contributed by atoms with Crippen LogP contribution in [-0.4, -0.2) is 11.8 Å². The zero-order chi connectivity index (χ0) is 21.0. The molecule has 0 N–H and O–H groups in total. The van der Waals surface area contributed by atoms with Gasteiger partial charge >= 0.3 is 5.97 Å². The summed E-state index contributed by atoms with van der Waals surface area (Å²) in [5, 5.41) is 0. The van der Waals surface area contributed by atoms with Crippen LogP contribution in [0.4, 0.5) is 4.39 Å². The van der Waals surface area contributed by atoms with Crippen LogP contribution in [0.1, 0.15) is 53.3 Å². The summed E-state index contributed by atoms with van der Waals surface area (Å²) in [4.78, 5) is 26.8. The molecule has 0 aliphatic heterocycles. The van der Waals surface area contributed by atoms with Gasteiger partial charge in [-0.1, -0.05) is 91.7 Å². The molecular weight excluding hydrogens is 379 g/mol. The summed E-state index contributed by atoms with van der Waals surface area (Å²) in [6.45, 7) is 0. The van der Waals surface area contributed by atoms with E-state index in [0.29, 0.717) is 29.5 Å². The van der Waals surface area contributed by atoms with Gasteiger partial charge in [0.15, 0.2) is 6.10 Å². The van der Waals surface area contributed by atoms with Crippen LogP contribution < -0.4 is 0 Å². The van der Waals surface area contributed by atoms with E-state index >= 15 is 0 Å². The van der Waals surface area contributed by atoms with E-state index in [-0.39, 0.29) is 5.78 Å². The second kappa shape index (κ2) is 8.62. The molecule has 3 nitrogen and oxygen atoms in total. The fourth-order valence-corrected chi connectivity index (χ4v) is 4.29. The minimum atomic E-state index is -1.08. The number of Topliss-reactive ketones (excluding diaryl/α,β-unsaturated/α-hetero) is 1. The van der Waals surface area contributed by atoms with Crippen LogP contribution >= 0.6 is 0 Å². The van der Waals surface area contributed by atoms with Crippen molar-refractivity contribution in [1.29, 1.82) is 0 Å². The summed E-state index contributed by atoms with van der Waals surface area (Å²) >= 11 is 0. The number of carbonyl (C=O) groups excluding carboxylic acids is 2. The Morgan fingerprint density at radius 2 is 1.37 bits per heavy atom. The van der Waals surface area contributed by atoms with Crippen molar-refractivity contribution in [2.45, 2.75) is 37.2 Å². The topological polar surface area (TPSA) is 43.4 Å². The van der Waals surface area contributed by atoms with Crippen molar-refractivity contribution >= 4 is 11.8 Å². The largest absolute Gasteiger partial charge is 0.448 e. The molecule has 0 spiro atoms. The molecule has 0 radical (unpaired) electrons. The van der Waals surface area contributed by atoms with E-state index in [1.165, 1.54) is 6.07 Å². The van der Waals surface area contributed by atoms with Crippen LogP contribution in [0.25, 0.3) is 0 Å². The number of carbonyl (C=O) groups is 2. The lowest BCUT2D eigenvalue weighted by atomic mass is 9.78. The quantitative estimate of drug-likeness (QED) is 0.386. The number of halogens is 1. The Morgan fingerprint density at radius 1 is 0.800 bits per heavy atom. The zero-order valence-corrected chi connectivity index (χ0v) is 16.6. The first-order valence-electron chi connectivity index (χ1n) is 10.2. The molecule has 0 bridgehead atoms. The minimum Gasteiger partial charge on any atom is -0.448 e. The zero-order valence-electron chi connectivity index (χ0n) is 16.6. The number of ether oxygens (including phenoxy) is 1. The maximum absolute atomic E-state index is 14.7. The number of esters is 1. The Labute approximate surface area is 175 Å². The van der Waals surface area contributed by atoms with Crippen molar-refractivity contribution < 1.29 is 18.7 Å². The lowest BCUT2D eigenvalue weighted by Gasteiger charge is -2.30. The van der Waals surface area contributed by atoms with Gasteiger partial charge in [-0.15, -0.1) is 0 Å². The minimum absolute atomic E-state index is 0.295. The van der Waals surface area contributed by atoms with E-state index in [0.717, 1.165) is 12.8 Å². The molecule has 1 aliphatic rings. The van der Waals surface area contributed by atoms with Gasteiger partial charge in [-0.3, -0.25) is 9.59 Å². The SMILES string of the molecule is O=C(c1ccccc1)C(OC(=O)C1(c2ccccc2F)CCCC1)c1ccccc1. The highest BCUT2D eigenvalue weighted by Gasteiger charge is 2.47. The Balaban J connectivity index is 1.71. The molecule has 1 fully saturated rings. The molecule has 0 saturated heterocycles. The first-order valence-corrected chi connectivity index (χ1v) is 10.2. The lowest BCUT2D eigenvalue weighted by Crippen LogP contribution is -2.37. The first kappa shape index (κ1) is 20.0. The smallest absolute Gasteiger partial charge is 0.317 e. The van der Waals surface area contributed by atoms with Crippen LogP contribution in [0.3, 0.4) is 0 Å². The van der Waals surface area contributed by atoms with Gasteiger partial charge in [0.2, 0.25) is 5.78 Å². The van der Waals surface area contributed by atoms with Crippen molar-refractivity contribution in [3.8, 4) is 0 Å². The van der Waals surface area contributed by atoms with Gasteiger partial charge < -0.3 is 4.74 Å². The molecule has 0 aromatic heterocycles. The van der Waals surface area contributed by atoms with Gasteiger partial charge in [-0.05, 0) is 18.9 Å². The summed E-state index contributed by atoms with van der Waals surface area (Å²) in [5.41, 5.74) is 0.355. The Hall–Kier alpha value is -3.27. The van der Waals surface area contributed by atoms with Crippen LogP contribution in [0, 0.1) is 5.82 Å². The standard InChI is InChI=1S/C26H23FO3/c27-22-16-8-7-15-21(22)26(17-9-10-18-26)25(29)30-24(20-13-5-2-6-14-20)23(28)19-11-3-1-4-12-19/h1-8,11-16,24H,9-10,17-18H2. The fourth-order valence-electron chi connectivity index (χ4n) is 4.29. The van der Waals surface area contributed by atoms with E-state index in [4.69, 9.17) is 4.74 Å². The van der Waals surface area contributed by atoms with Crippen LogP contribution in [0.5, 0.6) is 0 Å². The molecule has 0 amide bonds. The van der Waals surface area contributed by atoms with E-state index in [1.54, 1.807) is 66.7 Å². The van der Waals surface area contributed by atoms with Crippen LogP contribution in [0.15, 0.2) is 84.9 Å². The molecule has 1 aliphatic carbocycles. The molecule has 30 heavy (non-hydrogen) atoms. The monoisotopic (exact) mass is 402 g/mol. The predicted octanol–water partition coefficient (Wildman–Crippen LogP) is 5.80. The molecule has 3 aromatic carbocycles. The summed E-state index contributed by atoms with van der Waals surface area (Å²) in [6.07, 6.45) is 1.56. The average molecular weight is 402 g/mol. The van der Waals surface area contributed by atoms with E-state index in [9.17, 15) is 14.0 Å². The number of benzene rings is 3. The molecule has 1 unspecified atom stereocenters. The van der Waals surface area contributed by atoms with Gasteiger partial charge in [0.25, 0.3) is 0 Å². The van der Waals surface area contributed by atoms with Gasteiger partial charge in [0.1, 0.15) is 5.82 Å². The average Bonchev–Trinajstić information content (AvgIpc) is 3.29. The second-order valence-corrected chi connectivity index (χ2v) is 7.70. The summed E-state index contributed by atoms with van der Waals surface area (Å²) < 4.78 is 20.6. The summed E-state index contributed by atoms with van der Waals surface area (Å²) in [6, 6.07) is 24.1. The van der Waals surface area contributed by atoms with E-state index < -0.39 is 23.3 Å². The van der Waals surface area contributed by atoms with E-state index in [1.807, 2.05) is 12.1 Å². The summed E-state index contributed by atoms with van der Waals surface area (Å²) in [5.74, 6) is -1.25. The normalized spacial score (nSPS) is 16.0. The third kappa shape index (κ3) is 3.78.